The Labute approximate surface area is 153 Å². The molecule has 0 saturated heterocycles. The number of rotatable bonds is 9. The molecule has 0 atom stereocenters. The Morgan fingerprint density at radius 1 is 1.00 bits per heavy atom. The third-order valence-corrected chi connectivity index (χ3v) is 3.88. The Balaban J connectivity index is 2.17. The summed E-state index contributed by atoms with van der Waals surface area (Å²) in [6.07, 6.45) is 3.41. The molecule has 0 N–H and O–H groups in total. The molecule has 0 amide bonds. The topological polar surface area (TPSA) is 43.4 Å². The van der Waals surface area contributed by atoms with Crippen molar-refractivity contribution in [2.45, 2.75) is 26.2 Å². The Morgan fingerprint density at radius 2 is 1.72 bits per heavy atom. The van der Waals surface area contributed by atoms with Gasteiger partial charge in [-0.05, 0) is 55.7 Å². The van der Waals surface area contributed by atoms with Crippen LogP contribution in [0.25, 0.3) is 6.08 Å². The predicted molar refractivity (Wildman–Crippen MR) is 101 cm³/mol. The minimum absolute atomic E-state index is 0.146. The summed E-state index contributed by atoms with van der Waals surface area (Å²) in [6.45, 7) is 1.41. The Kier molecular flexibility index (Phi) is 7.42. The predicted octanol–water partition coefficient (Wildman–Crippen LogP) is 5.43. The Bertz CT molecular complexity index is 751. The van der Waals surface area contributed by atoms with Gasteiger partial charge in [-0.15, -0.1) is 11.6 Å². The summed E-state index contributed by atoms with van der Waals surface area (Å²) < 4.78 is 5.79. The molecule has 0 aromatic heterocycles. The summed E-state index contributed by atoms with van der Waals surface area (Å²) in [6, 6.07) is 16.8. The molecule has 2 rings (SSSR count). The van der Waals surface area contributed by atoms with Crippen LogP contribution >= 0.6 is 11.6 Å². The Morgan fingerprint density at radius 3 is 2.40 bits per heavy atom. The maximum Gasteiger partial charge on any atom is 0.166 e. The number of unbranched alkanes of at least 4 members (excludes halogenated alkanes) is 1. The number of Topliss-reactive ketones (excluding diaryl/α,β-unsaturated/α-hetero) is 2. The third-order valence-electron chi connectivity index (χ3n) is 3.62. The van der Waals surface area contributed by atoms with Crippen molar-refractivity contribution in [2.24, 2.45) is 0 Å². The van der Waals surface area contributed by atoms with Crippen molar-refractivity contribution in [1.29, 1.82) is 0 Å². The first-order chi connectivity index (χ1) is 12.1. The number of carbonyl (C=O) groups excluding carboxylic acids is 2. The lowest BCUT2D eigenvalue weighted by atomic mass is 10.00. The van der Waals surface area contributed by atoms with Gasteiger partial charge in [-0.25, -0.2) is 0 Å². The Hall–Kier alpha value is -2.39. The SMILES string of the molecule is CC(=O)C(=Cc1cccc(Oc2ccccc2)c1)C(=O)CCCCCl. The van der Waals surface area contributed by atoms with Gasteiger partial charge in [0.05, 0.1) is 5.57 Å². The van der Waals surface area contributed by atoms with Gasteiger partial charge in [-0.1, -0.05) is 30.3 Å². The number of allylic oxidation sites excluding steroid dienone is 1. The first-order valence-electron chi connectivity index (χ1n) is 8.25. The minimum Gasteiger partial charge on any atom is -0.457 e. The molecule has 0 aliphatic carbocycles. The van der Waals surface area contributed by atoms with E-state index in [1.807, 2.05) is 54.6 Å². The van der Waals surface area contributed by atoms with Crippen LogP contribution < -0.4 is 4.74 Å². The number of para-hydroxylation sites is 1. The average molecular weight is 357 g/mol. The summed E-state index contributed by atoms with van der Waals surface area (Å²) in [5.41, 5.74) is 0.968. The van der Waals surface area contributed by atoms with Crippen molar-refractivity contribution in [3.63, 3.8) is 0 Å². The number of alkyl halides is 1. The maximum atomic E-state index is 12.3. The molecule has 25 heavy (non-hydrogen) atoms. The van der Waals surface area contributed by atoms with Crippen molar-refractivity contribution in [2.75, 3.05) is 5.88 Å². The quantitative estimate of drug-likeness (QED) is 0.198. The highest BCUT2D eigenvalue weighted by molar-refractivity contribution is 6.22. The second kappa shape index (κ2) is 9.80. The van der Waals surface area contributed by atoms with Gasteiger partial charge in [0.25, 0.3) is 0 Å². The van der Waals surface area contributed by atoms with E-state index in [1.54, 1.807) is 6.08 Å². The molecule has 0 aliphatic heterocycles. The van der Waals surface area contributed by atoms with Gasteiger partial charge in [0, 0.05) is 12.3 Å². The van der Waals surface area contributed by atoms with Crippen LogP contribution in [0, 0.1) is 0 Å². The molecule has 0 unspecified atom stereocenters. The van der Waals surface area contributed by atoms with E-state index in [0.717, 1.165) is 17.7 Å². The normalized spacial score (nSPS) is 11.2. The fourth-order valence-corrected chi connectivity index (χ4v) is 2.54. The van der Waals surface area contributed by atoms with Crippen LogP contribution in [0.4, 0.5) is 0 Å². The number of benzene rings is 2. The van der Waals surface area contributed by atoms with Gasteiger partial charge in [0.2, 0.25) is 0 Å². The van der Waals surface area contributed by atoms with Crippen LogP contribution in [0.5, 0.6) is 11.5 Å². The monoisotopic (exact) mass is 356 g/mol. The van der Waals surface area contributed by atoms with Crippen LogP contribution in [0.3, 0.4) is 0 Å². The van der Waals surface area contributed by atoms with E-state index in [-0.39, 0.29) is 17.1 Å². The van der Waals surface area contributed by atoms with Crippen LogP contribution in [0.15, 0.2) is 60.2 Å². The van der Waals surface area contributed by atoms with Crippen LogP contribution in [-0.2, 0) is 9.59 Å². The summed E-state index contributed by atoms with van der Waals surface area (Å²) in [7, 11) is 0. The molecule has 0 fully saturated rings. The van der Waals surface area contributed by atoms with Crippen molar-refractivity contribution >= 4 is 29.2 Å². The van der Waals surface area contributed by atoms with E-state index >= 15 is 0 Å². The number of halogens is 1. The van der Waals surface area contributed by atoms with Gasteiger partial charge >= 0.3 is 0 Å². The molecule has 0 saturated carbocycles. The summed E-state index contributed by atoms with van der Waals surface area (Å²) in [5.74, 6) is 1.52. The highest BCUT2D eigenvalue weighted by Gasteiger charge is 2.14. The van der Waals surface area contributed by atoms with E-state index in [9.17, 15) is 9.59 Å². The van der Waals surface area contributed by atoms with Crippen molar-refractivity contribution < 1.29 is 14.3 Å². The van der Waals surface area contributed by atoms with Gasteiger partial charge in [0.1, 0.15) is 11.5 Å². The molecular formula is C21H21ClO3. The number of ether oxygens (including phenoxy) is 1. The smallest absolute Gasteiger partial charge is 0.166 e. The van der Waals surface area contributed by atoms with Gasteiger partial charge < -0.3 is 4.74 Å². The number of carbonyl (C=O) groups is 2. The van der Waals surface area contributed by atoms with E-state index < -0.39 is 0 Å². The first-order valence-corrected chi connectivity index (χ1v) is 8.78. The van der Waals surface area contributed by atoms with E-state index in [4.69, 9.17) is 16.3 Å². The van der Waals surface area contributed by atoms with Crippen LogP contribution in [-0.4, -0.2) is 17.4 Å². The molecule has 0 radical (unpaired) electrons. The number of ketones is 2. The fourth-order valence-electron chi connectivity index (χ4n) is 2.35. The largest absolute Gasteiger partial charge is 0.457 e. The zero-order chi connectivity index (χ0) is 18.1. The molecule has 0 aliphatic rings. The number of hydrogen-bond acceptors (Lipinski definition) is 3. The molecule has 130 valence electrons. The summed E-state index contributed by atoms with van der Waals surface area (Å²) >= 11 is 5.63. The molecule has 2 aromatic carbocycles. The van der Waals surface area contributed by atoms with Crippen molar-refractivity contribution in [3.8, 4) is 11.5 Å². The fraction of sp³-hybridized carbons (Fsp3) is 0.238. The lowest BCUT2D eigenvalue weighted by Gasteiger charge is -2.07. The molecule has 3 nitrogen and oxygen atoms in total. The van der Waals surface area contributed by atoms with Crippen LogP contribution in [0.2, 0.25) is 0 Å². The van der Waals surface area contributed by atoms with Gasteiger partial charge in [0.15, 0.2) is 11.6 Å². The summed E-state index contributed by atoms with van der Waals surface area (Å²) in [5, 5.41) is 0. The van der Waals surface area contributed by atoms with Gasteiger partial charge in [-0.3, -0.25) is 9.59 Å². The van der Waals surface area contributed by atoms with E-state index in [1.165, 1.54) is 6.92 Å². The van der Waals surface area contributed by atoms with E-state index in [0.29, 0.717) is 24.5 Å². The third kappa shape index (κ3) is 6.20. The lowest BCUT2D eigenvalue weighted by molar-refractivity contribution is -0.120. The zero-order valence-corrected chi connectivity index (χ0v) is 15.0. The molecule has 4 heteroatoms. The second-order valence-corrected chi connectivity index (χ2v) is 6.05. The standard InChI is InChI=1S/C21H21ClO3/c1-16(23)20(21(24)12-5-6-13-22)15-17-8-7-11-19(14-17)25-18-9-3-2-4-10-18/h2-4,7-11,14-15H,5-6,12-13H2,1H3. The average Bonchev–Trinajstić information content (AvgIpc) is 2.61. The molecule has 0 heterocycles. The lowest BCUT2D eigenvalue weighted by Crippen LogP contribution is -2.10. The highest BCUT2D eigenvalue weighted by Crippen LogP contribution is 2.23. The van der Waals surface area contributed by atoms with Crippen molar-refractivity contribution in [1.82, 2.24) is 0 Å². The van der Waals surface area contributed by atoms with Gasteiger partial charge in [-0.2, -0.15) is 0 Å². The molecular weight excluding hydrogens is 336 g/mol. The number of hydrogen-bond donors (Lipinski definition) is 0. The molecule has 0 bridgehead atoms. The maximum absolute atomic E-state index is 12.3. The molecule has 2 aromatic rings. The first kappa shape index (κ1) is 18.9. The second-order valence-electron chi connectivity index (χ2n) is 5.67. The zero-order valence-electron chi connectivity index (χ0n) is 14.2. The van der Waals surface area contributed by atoms with Crippen molar-refractivity contribution in [3.05, 3.63) is 65.7 Å². The minimum atomic E-state index is -0.231. The van der Waals surface area contributed by atoms with Crippen LogP contribution in [0.1, 0.15) is 31.7 Å². The molecule has 0 spiro atoms. The van der Waals surface area contributed by atoms with E-state index in [2.05, 4.69) is 0 Å². The highest BCUT2D eigenvalue weighted by atomic mass is 35.5. The summed E-state index contributed by atoms with van der Waals surface area (Å²) in [4.78, 5) is 24.1.